The highest BCUT2D eigenvalue weighted by Gasteiger charge is 2.30. The number of benzene rings is 1. The molecule has 1 atom stereocenters. The summed E-state index contributed by atoms with van der Waals surface area (Å²) in [6.07, 6.45) is 3.88. The fourth-order valence-electron chi connectivity index (χ4n) is 3.72. The van der Waals surface area contributed by atoms with Gasteiger partial charge in [-0.15, -0.1) is 0 Å². The predicted octanol–water partition coefficient (Wildman–Crippen LogP) is 0.883. The van der Waals surface area contributed by atoms with Gasteiger partial charge in [-0.05, 0) is 44.5 Å². The first kappa shape index (κ1) is 13.8. The summed E-state index contributed by atoms with van der Waals surface area (Å²) in [6.45, 7) is 2.43. The Morgan fingerprint density at radius 3 is 2.82 bits per heavy atom. The molecule has 0 saturated carbocycles. The zero-order chi connectivity index (χ0) is 15.3. The van der Waals surface area contributed by atoms with E-state index in [4.69, 9.17) is 5.73 Å². The van der Waals surface area contributed by atoms with Gasteiger partial charge in [0.1, 0.15) is 5.82 Å². The van der Waals surface area contributed by atoms with Crippen LogP contribution in [0.2, 0.25) is 0 Å². The Kier molecular flexibility index (Phi) is 3.23. The molecule has 0 spiro atoms. The molecule has 3 heterocycles. The van der Waals surface area contributed by atoms with Crippen molar-refractivity contribution in [2.45, 2.75) is 37.9 Å². The van der Waals surface area contributed by atoms with Gasteiger partial charge in [-0.25, -0.2) is 9.37 Å². The molecule has 4 rings (SSSR count). The van der Waals surface area contributed by atoms with Crippen molar-refractivity contribution in [1.82, 2.24) is 14.5 Å². The molecule has 6 heteroatoms. The van der Waals surface area contributed by atoms with Crippen molar-refractivity contribution in [3.05, 3.63) is 40.1 Å². The first-order chi connectivity index (χ1) is 10.6. The summed E-state index contributed by atoms with van der Waals surface area (Å²) in [7, 11) is 0. The van der Waals surface area contributed by atoms with Gasteiger partial charge < -0.3 is 10.3 Å². The van der Waals surface area contributed by atoms with Crippen molar-refractivity contribution in [2.75, 3.05) is 13.1 Å². The second-order valence-corrected chi connectivity index (χ2v) is 6.33. The van der Waals surface area contributed by atoms with Gasteiger partial charge in [0.05, 0.1) is 17.2 Å². The molecule has 116 valence electrons. The van der Waals surface area contributed by atoms with Gasteiger partial charge in [-0.2, -0.15) is 0 Å². The van der Waals surface area contributed by atoms with E-state index in [1.165, 1.54) is 12.3 Å². The number of likely N-dealkylation sites (tertiary alicyclic amines) is 1. The minimum atomic E-state index is -0.243. The molecular weight excluding hydrogens is 283 g/mol. The van der Waals surface area contributed by atoms with Crippen molar-refractivity contribution in [3.63, 3.8) is 0 Å². The van der Waals surface area contributed by atoms with Gasteiger partial charge in [0.2, 0.25) is 0 Å². The maximum Gasteiger partial charge on any atom is 0.269 e. The second kappa shape index (κ2) is 5.14. The van der Waals surface area contributed by atoms with Crippen LogP contribution in [0.5, 0.6) is 0 Å². The maximum absolute atomic E-state index is 14.3. The number of aromatic nitrogens is 2. The Hall–Kier alpha value is -1.79. The third-order valence-corrected chi connectivity index (χ3v) is 4.98. The smallest absolute Gasteiger partial charge is 0.269 e. The summed E-state index contributed by atoms with van der Waals surface area (Å²) >= 11 is 0. The van der Waals surface area contributed by atoms with Gasteiger partial charge in [-0.1, -0.05) is 0 Å². The second-order valence-electron chi connectivity index (χ2n) is 6.33. The van der Waals surface area contributed by atoms with Gasteiger partial charge >= 0.3 is 0 Å². The minimum absolute atomic E-state index is 0.153. The molecule has 0 aliphatic carbocycles. The maximum atomic E-state index is 14.3. The van der Waals surface area contributed by atoms with Gasteiger partial charge in [-0.3, -0.25) is 9.69 Å². The molecule has 0 unspecified atom stereocenters. The van der Waals surface area contributed by atoms with Crippen LogP contribution in [-0.4, -0.2) is 39.6 Å². The van der Waals surface area contributed by atoms with Crippen LogP contribution in [0.1, 0.15) is 18.4 Å². The molecular formula is C16H19FN4O. The molecule has 1 fully saturated rings. The molecule has 1 aromatic heterocycles. The van der Waals surface area contributed by atoms with Gasteiger partial charge in [0, 0.05) is 24.2 Å². The van der Waals surface area contributed by atoms with Crippen molar-refractivity contribution >= 4 is 11.0 Å². The third kappa shape index (κ3) is 2.14. The summed E-state index contributed by atoms with van der Waals surface area (Å²) in [5.74, 6) is -0.243. The zero-order valence-electron chi connectivity index (χ0n) is 12.3. The average Bonchev–Trinajstić information content (AvgIpc) is 2.53. The predicted molar refractivity (Wildman–Crippen MR) is 82.2 cm³/mol. The Labute approximate surface area is 127 Å². The van der Waals surface area contributed by atoms with Crippen LogP contribution in [0.3, 0.4) is 0 Å². The lowest BCUT2D eigenvalue weighted by molar-refractivity contribution is 0.134. The van der Waals surface area contributed by atoms with E-state index in [9.17, 15) is 9.18 Å². The van der Waals surface area contributed by atoms with E-state index in [0.717, 1.165) is 25.9 Å². The standard InChI is InChI=1S/C16H19FN4O/c17-13-1-2-14-16-12(13)7-11(9-21(16)15(22)8-19-14)20-5-3-10(18)4-6-20/h1-2,8,10-11H,3-7,9,18H2/t11-/m1/s1. The molecule has 2 aliphatic rings. The first-order valence-electron chi connectivity index (χ1n) is 7.80. The van der Waals surface area contributed by atoms with E-state index in [2.05, 4.69) is 9.88 Å². The molecule has 1 aromatic carbocycles. The summed E-state index contributed by atoms with van der Waals surface area (Å²) < 4.78 is 16.0. The average molecular weight is 302 g/mol. The fourth-order valence-corrected chi connectivity index (χ4v) is 3.72. The Morgan fingerprint density at radius 2 is 2.05 bits per heavy atom. The van der Waals surface area contributed by atoms with E-state index < -0.39 is 0 Å². The summed E-state index contributed by atoms with van der Waals surface area (Å²) in [4.78, 5) is 18.7. The quantitative estimate of drug-likeness (QED) is 0.849. The highest BCUT2D eigenvalue weighted by atomic mass is 19.1. The summed E-state index contributed by atoms with van der Waals surface area (Å²) in [5, 5.41) is 0. The summed E-state index contributed by atoms with van der Waals surface area (Å²) in [6, 6.07) is 3.51. The Balaban J connectivity index is 1.76. The lowest BCUT2D eigenvalue weighted by atomic mass is 9.95. The number of rotatable bonds is 1. The van der Waals surface area contributed by atoms with Crippen LogP contribution in [0.4, 0.5) is 4.39 Å². The number of nitrogens with zero attached hydrogens (tertiary/aromatic N) is 3. The molecule has 2 N–H and O–H groups in total. The Bertz CT molecular complexity index is 780. The number of hydrogen-bond acceptors (Lipinski definition) is 4. The van der Waals surface area contributed by atoms with E-state index in [-0.39, 0.29) is 23.5 Å². The van der Waals surface area contributed by atoms with Crippen molar-refractivity contribution < 1.29 is 4.39 Å². The minimum Gasteiger partial charge on any atom is -0.328 e. The third-order valence-electron chi connectivity index (χ3n) is 4.98. The highest BCUT2D eigenvalue weighted by molar-refractivity contribution is 5.79. The monoisotopic (exact) mass is 302 g/mol. The molecule has 2 aromatic rings. The molecule has 0 radical (unpaired) electrons. The van der Waals surface area contributed by atoms with Crippen LogP contribution in [0.15, 0.2) is 23.1 Å². The first-order valence-corrected chi connectivity index (χ1v) is 7.80. The number of hydrogen-bond donors (Lipinski definition) is 1. The number of nitrogens with two attached hydrogens (primary N) is 1. The molecule has 22 heavy (non-hydrogen) atoms. The van der Waals surface area contributed by atoms with Crippen molar-refractivity contribution in [3.8, 4) is 0 Å². The van der Waals surface area contributed by atoms with E-state index in [1.807, 2.05) is 0 Å². The van der Waals surface area contributed by atoms with Gasteiger partial charge in [0.15, 0.2) is 0 Å². The van der Waals surface area contributed by atoms with Crippen molar-refractivity contribution in [1.29, 1.82) is 0 Å². The molecule has 0 amide bonds. The van der Waals surface area contributed by atoms with Crippen LogP contribution in [0.25, 0.3) is 11.0 Å². The van der Waals surface area contributed by atoms with Crippen LogP contribution < -0.4 is 11.3 Å². The lowest BCUT2D eigenvalue weighted by Gasteiger charge is -2.39. The van der Waals surface area contributed by atoms with Gasteiger partial charge in [0.25, 0.3) is 5.56 Å². The Morgan fingerprint density at radius 1 is 1.27 bits per heavy atom. The zero-order valence-corrected chi connectivity index (χ0v) is 12.3. The highest BCUT2D eigenvalue weighted by Crippen LogP contribution is 2.28. The van der Waals surface area contributed by atoms with Crippen LogP contribution >= 0.6 is 0 Å². The van der Waals surface area contributed by atoms with Crippen LogP contribution in [-0.2, 0) is 13.0 Å². The normalized spacial score (nSPS) is 23.1. The largest absolute Gasteiger partial charge is 0.328 e. The number of halogens is 1. The summed E-state index contributed by atoms with van der Waals surface area (Å²) in [5.41, 5.74) is 7.78. The SMILES string of the molecule is NC1CCN([C@@H]2Cc3c(F)ccc4ncc(=O)n(c34)C2)CC1. The number of piperidine rings is 1. The molecule has 5 nitrogen and oxygen atoms in total. The molecule has 0 bridgehead atoms. The van der Waals surface area contributed by atoms with E-state index in [1.54, 1.807) is 10.6 Å². The molecule has 1 saturated heterocycles. The van der Waals surface area contributed by atoms with E-state index >= 15 is 0 Å². The lowest BCUT2D eigenvalue weighted by Crippen LogP contribution is -2.49. The van der Waals surface area contributed by atoms with Crippen molar-refractivity contribution in [2.24, 2.45) is 5.73 Å². The topological polar surface area (TPSA) is 64.2 Å². The van der Waals surface area contributed by atoms with E-state index in [0.29, 0.717) is 29.6 Å². The fraction of sp³-hybridized carbons (Fsp3) is 0.500. The van der Waals surface area contributed by atoms with Crippen LogP contribution in [0, 0.1) is 5.82 Å². The molecule has 2 aliphatic heterocycles.